The molecule has 0 spiro atoms. The molecule has 0 saturated carbocycles. The highest BCUT2D eigenvalue weighted by Gasteiger charge is 2.00. The highest BCUT2D eigenvalue weighted by atomic mass is 27.0. The Bertz CT molecular complexity index is 559. The summed E-state index contributed by atoms with van der Waals surface area (Å²) >= 11 is 5.16. The fourth-order valence-electron chi connectivity index (χ4n) is 1.65. The molecule has 0 amide bonds. The van der Waals surface area contributed by atoms with Crippen molar-refractivity contribution in [1.82, 2.24) is 4.98 Å². The minimum Gasteiger partial charge on any atom is -0.248 e. The van der Waals surface area contributed by atoms with Crippen molar-refractivity contribution in [3.63, 3.8) is 0 Å². The molecule has 0 aliphatic rings. The van der Waals surface area contributed by atoms with E-state index in [9.17, 15) is 0 Å². The zero-order chi connectivity index (χ0) is 11.4. The molecule has 0 unspecified atom stereocenters. The molecule has 0 fully saturated rings. The highest BCUT2D eigenvalue weighted by molar-refractivity contribution is 6.19. The first-order valence-electron chi connectivity index (χ1n) is 5.01. The lowest BCUT2D eigenvalue weighted by Gasteiger charge is -2.04. The van der Waals surface area contributed by atoms with Crippen molar-refractivity contribution in [3.8, 4) is 0 Å². The van der Waals surface area contributed by atoms with Crippen LogP contribution in [0.25, 0.3) is 23.1 Å². The van der Waals surface area contributed by atoms with Gasteiger partial charge in [-0.25, -0.2) is 4.98 Å². The van der Waals surface area contributed by atoms with Crippen LogP contribution in [-0.2, 0) is 0 Å². The maximum Gasteiger partial charge on any atom is 0.162 e. The number of pyridine rings is 1. The van der Waals surface area contributed by atoms with Crippen molar-refractivity contribution in [2.45, 2.75) is 0 Å². The van der Waals surface area contributed by atoms with Crippen molar-refractivity contribution >= 4 is 55.6 Å². The molecule has 1 nitrogen and oxygen atoms in total. The zero-order valence-electron chi connectivity index (χ0n) is 8.80. The van der Waals surface area contributed by atoms with E-state index in [4.69, 9.17) is 0 Å². The molecular weight excluding hydrogens is 224 g/mol. The molecule has 16 heavy (non-hydrogen) atoms. The molecule has 0 aliphatic carbocycles. The predicted molar refractivity (Wildman–Crippen MR) is 71.3 cm³/mol. The van der Waals surface area contributed by atoms with Crippen LogP contribution >= 0.6 is 0 Å². The number of benzene rings is 1. The number of hydrogen-bond donors (Lipinski definition) is 0. The van der Waals surface area contributed by atoms with Gasteiger partial charge in [0.15, 0.2) is 32.6 Å². The first-order valence-corrected chi connectivity index (χ1v) is 6.35. The predicted octanol–water partition coefficient (Wildman–Crippen LogP) is 2.51. The third kappa shape index (κ3) is 2.46. The Morgan fingerprint density at radius 1 is 1.00 bits per heavy atom. The summed E-state index contributed by atoms with van der Waals surface area (Å²) in [5.74, 6) is 0. The van der Waals surface area contributed by atoms with Crippen molar-refractivity contribution < 1.29 is 0 Å². The molecule has 2 rings (SSSR count). The maximum absolute atomic E-state index is 4.57. The summed E-state index contributed by atoms with van der Waals surface area (Å²) in [6.07, 6.45) is 4.06. The van der Waals surface area contributed by atoms with E-state index in [2.05, 4.69) is 55.8 Å². The molecule has 3 heteroatoms. The first-order chi connectivity index (χ1) is 7.85. The summed E-state index contributed by atoms with van der Waals surface area (Å²) < 4.78 is 0. The van der Waals surface area contributed by atoms with E-state index in [0.29, 0.717) is 0 Å². The van der Waals surface area contributed by atoms with Gasteiger partial charge in [-0.1, -0.05) is 30.4 Å². The van der Waals surface area contributed by atoms with Gasteiger partial charge < -0.3 is 0 Å². The Balaban J connectivity index is 2.73. The Kier molecular flexibility index (Phi) is 4.00. The second-order valence-corrected chi connectivity index (χ2v) is 4.14. The standard InChI is InChI=1S/C13H9N.2Al/c1-3-10-9-11(4-2)14-13-8-6-5-7-12(10)13;;/h1-9H;;. The van der Waals surface area contributed by atoms with Crippen LogP contribution in [0.2, 0.25) is 0 Å². The van der Waals surface area contributed by atoms with Crippen molar-refractivity contribution in [2.24, 2.45) is 0 Å². The molecule has 72 valence electrons. The number of aromatic nitrogens is 1. The number of fused-ring (bicyclic) bond motifs is 1. The Morgan fingerprint density at radius 2 is 1.75 bits per heavy atom. The third-order valence-corrected chi connectivity index (χ3v) is 2.70. The molecule has 1 aromatic heterocycles. The average molecular weight is 233 g/mol. The normalized spacial score (nSPS) is 11.8. The van der Waals surface area contributed by atoms with Crippen LogP contribution in [0.3, 0.4) is 0 Å². The number of hydrogen-bond acceptors (Lipinski definition) is 1. The van der Waals surface area contributed by atoms with Gasteiger partial charge in [-0.2, -0.15) is 9.88 Å². The molecule has 0 aliphatic heterocycles. The summed E-state index contributed by atoms with van der Waals surface area (Å²) in [5, 5.41) is 1.18. The molecule has 4 radical (unpaired) electrons. The zero-order valence-corrected chi connectivity index (χ0v) is 11.1. The topological polar surface area (TPSA) is 12.9 Å². The van der Waals surface area contributed by atoms with Crippen molar-refractivity contribution in [2.75, 3.05) is 0 Å². The van der Waals surface area contributed by atoms with Gasteiger partial charge in [0.25, 0.3) is 0 Å². The average Bonchev–Trinajstić information content (AvgIpc) is 2.30. The van der Waals surface area contributed by atoms with Crippen LogP contribution in [0, 0.1) is 0 Å². The maximum atomic E-state index is 4.57. The van der Waals surface area contributed by atoms with Gasteiger partial charge in [-0.05, 0) is 17.7 Å². The van der Waals surface area contributed by atoms with Crippen LogP contribution in [0.4, 0.5) is 0 Å². The summed E-state index contributed by atoms with van der Waals surface area (Å²) in [7, 11) is 0. The monoisotopic (exact) mass is 233 g/mol. The van der Waals surface area contributed by atoms with E-state index < -0.39 is 0 Å². The number of para-hydroxylation sites is 1. The van der Waals surface area contributed by atoms with E-state index in [-0.39, 0.29) is 0 Å². The largest absolute Gasteiger partial charge is 0.248 e. The third-order valence-electron chi connectivity index (χ3n) is 2.31. The van der Waals surface area contributed by atoms with Crippen LogP contribution < -0.4 is 0 Å². The van der Waals surface area contributed by atoms with Crippen molar-refractivity contribution in [1.29, 1.82) is 0 Å². The van der Waals surface area contributed by atoms with E-state index in [1.54, 1.807) is 0 Å². The van der Waals surface area contributed by atoms with Crippen LogP contribution in [0.5, 0.6) is 0 Å². The molecule has 0 saturated heterocycles. The Labute approximate surface area is 112 Å². The molecule has 0 N–H and O–H groups in total. The lowest BCUT2D eigenvalue weighted by atomic mass is 10.1. The van der Waals surface area contributed by atoms with E-state index >= 15 is 0 Å². The lowest BCUT2D eigenvalue weighted by molar-refractivity contribution is 1.37. The minimum absolute atomic E-state index is 0.979. The summed E-state index contributed by atoms with van der Waals surface area (Å²) in [6.45, 7) is 0. The van der Waals surface area contributed by atoms with Gasteiger partial charge in [0, 0.05) is 5.39 Å². The summed E-state index contributed by atoms with van der Waals surface area (Å²) in [6, 6.07) is 10.3. The fourth-order valence-corrected chi connectivity index (χ4v) is 2.05. The van der Waals surface area contributed by atoms with Gasteiger partial charge in [0.05, 0.1) is 11.2 Å². The fraction of sp³-hybridized carbons (Fsp3) is 0. The van der Waals surface area contributed by atoms with E-state index in [1.165, 1.54) is 10.9 Å². The number of nitrogens with zero attached hydrogens (tertiary/aromatic N) is 1. The van der Waals surface area contributed by atoms with Crippen LogP contribution in [-0.4, -0.2) is 37.6 Å². The van der Waals surface area contributed by atoms with Crippen LogP contribution in [0.15, 0.2) is 40.2 Å². The van der Waals surface area contributed by atoms with Gasteiger partial charge in [-0.3, -0.25) is 0 Å². The second-order valence-electron chi connectivity index (χ2n) is 3.37. The molecule has 2 aromatic rings. The highest BCUT2D eigenvalue weighted by Crippen LogP contribution is 2.20. The van der Waals surface area contributed by atoms with E-state index in [0.717, 1.165) is 11.2 Å². The Hall–Kier alpha value is -0.825. The van der Waals surface area contributed by atoms with Crippen LogP contribution in [0.1, 0.15) is 11.3 Å². The Morgan fingerprint density at radius 3 is 2.50 bits per heavy atom. The van der Waals surface area contributed by atoms with Gasteiger partial charge in [-0.15, -0.1) is 0 Å². The van der Waals surface area contributed by atoms with Gasteiger partial charge in [0.2, 0.25) is 0 Å². The van der Waals surface area contributed by atoms with E-state index in [1.807, 2.05) is 34.2 Å². The quantitative estimate of drug-likeness (QED) is 0.726. The van der Waals surface area contributed by atoms with Crippen molar-refractivity contribution in [3.05, 3.63) is 51.5 Å². The first kappa shape index (κ1) is 11.7. The molecule has 1 aromatic carbocycles. The van der Waals surface area contributed by atoms with Gasteiger partial charge in [0.1, 0.15) is 0 Å². The van der Waals surface area contributed by atoms with Gasteiger partial charge >= 0.3 is 0 Å². The molecule has 1 heterocycles. The minimum atomic E-state index is 0.979. The molecule has 0 bridgehead atoms. The summed E-state index contributed by atoms with van der Waals surface area (Å²) in [5.41, 5.74) is 3.20. The SMILES string of the molecule is [Al]/[CH]=C/c1cc(/C=[CH]/[Al])c2ccccc2n1. The summed E-state index contributed by atoms with van der Waals surface area (Å²) in [4.78, 5) is 8.46. The lowest BCUT2D eigenvalue weighted by Crippen LogP contribution is -1.87. The number of rotatable bonds is 2. The molecular formula is C13H9Al2N. The molecule has 0 atom stereocenters. The second kappa shape index (κ2) is 5.49. The smallest absolute Gasteiger partial charge is 0.162 e.